The van der Waals surface area contributed by atoms with Crippen LogP contribution in [0.3, 0.4) is 0 Å². The highest BCUT2D eigenvalue weighted by molar-refractivity contribution is 5.89. The molecule has 136 valence electrons. The van der Waals surface area contributed by atoms with Crippen molar-refractivity contribution in [3.05, 3.63) is 107 Å². The van der Waals surface area contributed by atoms with Gasteiger partial charge in [-0.2, -0.15) is 0 Å². The molecule has 1 N–H and O–H groups in total. The van der Waals surface area contributed by atoms with Gasteiger partial charge in [-0.15, -0.1) is 0 Å². The Bertz CT molecular complexity index is 897. The van der Waals surface area contributed by atoms with Crippen LogP contribution in [0.15, 0.2) is 78.9 Å². The van der Waals surface area contributed by atoms with Gasteiger partial charge in [-0.05, 0) is 53.8 Å². The molecule has 3 aromatic rings. The molecule has 0 saturated heterocycles. The van der Waals surface area contributed by atoms with E-state index >= 15 is 0 Å². The number of carbonyl (C=O) groups is 2. The van der Waals surface area contributed by atoms with Crippen LogP contribution in [0.4, 0.5) is 0 Å². The highest BCUT2D eigenvalue weighted by Crippen LogP contribution is 2.12. The fourth-order valence-corrected chi connectivity index (χ4v) is 2.72. The van der Waals surface area contributed by atoms with E-state index < -0.39 is 5.97 Å². The maximum Gasteiger partial charge on any atom is 0.338 e. The number of hydrogen-bond acceptors (Lipinski definition) is 3. The number of carbonyl (C=O) groups excluding carboxylic acids is 1. The fourth-order valence-electron chi connectivity index (χ4n) is 2.72. The lowest BCUT2D eigenvalue weighted by Gasteiger charge is -2.07. The van der Waals surface area contributed by atoms with E-state index in [1.165, 1.54) is 0 Å². The number of rotatable bonds is 7. The number of benzene rings is 3. The normalized spacial score (nSPS) is 10.4. The Morgan fingerprint density at radius 3 is 1.70 bits per heavy atom. The van der Waals surface area contributed by atoms with Crippen LogP contribution in [0.1, 0.15) is 37.4 Å². The summed E-state index contributed by atoms with van der Waals surface area (Å²) >= 11 is 0. The van der Waals surface area contributed by atoms with E-state index in [2.05, 4.69) is 0 Å². The average molecular weight is 360 g/mol. The molecular formula is C23H20O4. The first-order valence-corrected chi connectivity index (χ1v) is 8.74. The zero-order chi connectivity index (χ0) is 19.1. The molecule has 0 aliphatic rings. The van der Waals surface area contributed by atoms with Crippen molar-refractivity contribution in [3.63, 3.8) is 0 Å². The Morgan fingerprint density at radius 1 is 0.667 bits per heavy atom. The topological polar surface area (TPSA) is 63.6 Å². The van der Waals surface area contributed by atoms with Gasteiger partial charge in [0.05, 0.1) is 11.1 Å². The van der Waals surface area contributed by atoms with E-state index in [1.54, 1.807) is 24.3 Å². The molecule has 0 atom stereocenters. The standard InChI is InChI=1S/C23H20O4/c24-22(25)20-12-8-17(9-13-20)6-7-18-10-14-21(15-11-18)23(26)27-16-19-4-2-1-3-5-19/h1-5,8-15H,6-7,16H2,(H,24,25). The first-order chi connectivity index (χ1) is 13.1. The molecule has 0 unspecified atom stereocenters. The lowest BCUT2D eigenvalue weighted by Crippen LogP contribution is -2.05. The van der Waals surface area contributed by atoms with Gasteiger partial charge in [0.1, 0.15) is 6.61 Å². The number of hydrogen-bond donors (Lipinski definition) is 1. The van der Waals surface area contributed by atoms with Crippen LogP contribution < -0.4 is 0 Å². The number of ether oxygens (including phenoxy) is 1. The van der Waals surface area contributed by atoms with Crippen LogP contribution in [0.2, 0.25) is 0 Å². The van der Waals surface area contributed by atoms with Crippen molar-refractivity contribution in [3.8, 4) is 0 Å². The Balaban J connectivity index is 1.52. The maximum atomic E-state index is 12.1. The second kappa shape index (κ2) is 8.81. The zero-order valence-corrected chi connectivity index (χ0v) is 14.8. The van der Waals surface area contributed by atoms with Gasteiger partial charge in [-0.3, -0.25) is 0 Å². The second-order valence-corrected chi connectivity index (χ2v) is 6.26. The fraction of sp³-hybridized carbons (Fsp3) is 0.130. The highest BCUT2D eigenvalue weighted by Gasteiger charge is 2.08. The molecule has 4 nitrogen and oxygen atoms in total. The van der Waals surface area contributed by atoms with Crippen LogP contribution in [0, 0.1) is 0 Å². The summed E-state index contributed by atoms with van der Waals surface area (Å²) in [5.74, 6) is -1.26. The van der Waals surface area contributed by atoms with E-state index in [1.807, 2.05) is 54.6 Å². The predicted molar refractivity (Wildman–Crippen MR) is 103 cm³/mol. The Hall–Kier alpha value is -3.40. The summed E-state index contributed by atoms with van der Waals surface area (Å²) in [7, 11) is 0. The minimum absolute atomic E-state index is 0.258. The molecule has 0 radical (unpaired) electrons. The number of aryl methyl sites for hydroxylation is 2. The largest absolute Gasteiger partial charge is 0.478 e. The van der Waals surface area contributed by atoms with E-state index in [9.17, 15) is 9.59 Å². The minimum Gasteiger partial charge on any atom is -0.478 e. The third-order valence-electron chi connectivity index (χ3n) is 4.31. The van der Waals surface area contributed by atoms with Crippen LogP contribution >= 0.6 is 0 Å². The second-order valence-electron chi connectivity index (χ2n) is 6.26. The lowest BCUT2D eigenvalue weighted by atomic mass is 10.0. The molecule has 0 saturated carbocycles. The van der Waals surface area contributed by atoms with E-state index in [4.69, 9.17) is 9.84 Å². The monoisotopic (exact) mass is 360 g/mol. The van der Waals surface area contributed by atoms with Gasteiger partial charge >= 0.3 is 11.9 Å². The summed E-state index contributed by atoms with van der Waals surface area (Å²) in [5, 5.41) is 8.92. The summed E-state index contributed by atoms with van der Waals surface area (Å²) in [6.07, 6.45) is 1.61. The van der Waals surface area contributed by atoms with E-state index in [-0.39, 0.29) is 18.1 Å². The zero-order valence-electron chi connectivity index (χ0n) is 14.8. The lowest BCUT2D eigenvalue weighted by molar-refractivity contribution is 0.0472. The van der Waals surface area contributed by atoms with Crippen molar-refractivity contribution in [2.24, 2.45) is 0 Å². The Labute approximate surface area is 158 Å². The highest BCUT2D eigenvalue weighted by atomic mass is 16.5. The van der Waals surface area contributed by atoms with Crippen molar-refractivity contribution >= 4 is 11.9 Å². The van der Waals surface area contributed by atoms with Crippen molar-refractivity contribution in [1.82, 2.24) is 0 Å². The third kappa shape index (κ3) is 5.28. The quantitative estimate of drug-likeness (QED) is 0.629. The molecule has 3 aromatic carbocycles. The Morgan fingerprint density at radius 2 is 1.19 bits per heavy atom. The van der Waals surface area contributed by atoms with E-state index in [0.29, 0.717) is 5.56 Å². The molecule has 3 rings (SSSR count). The maximum absolute atomic E-state index is 12.1. The van der Waals surface area contributed by atoms with Gasteiger partial charge in [-0.1, -0.05) is 54.6 Å². The van der Waals surface area contributed by atoms with Crippen LogP contribution in [0.25, 0.3) is 0 Å². The molecule has 0 fully saturated rings. The number of esters is 1. The van der Waals surface area contributed by atoms with Gasteiger partial charge < -0.3 is 9.84 Å². The molecule has 0 spiro atoms. The van der Waals surface area contributed by atoms with Crippen molar-refractivity contribution in [2.45, 2.75) is 19.4 Å². The van der Waals surface area contributed by atoms with Gasteiger partial charge in [0.15, 0.2) is 0 Å². The van der Waals surface area contributed by atoms with Gasteiger partial charge in [0.25, 0.3) is 0 Å². The number of carboxylic acid groups (broad SMARTS) is 1. The first kappa shape index (κ1) is 18.4. The minimum atomic E-state index is -0.920. The van der Waals surface area contributed by atoms with Crippen LogP contribution in [0.5, 0.6) is 0 Å². The molecule has 0 aliphatic carbocycles. The predicted octanol–water partition coefficient (Wildman–Crippen LogP) is 4.53. The van der Waals surface area contributed by atoms with Crippen molar-refractivity contribution in [2.75, 3.05) is 0 Å². The summed E-state index contributed by atoms with van der Waals surface area (Å²) in [5.41, 5.74) is 3.96. The Kier molecular flexibility index (Phi) is 6.00. The van der Waals surface area contributed by atoms with E-state index in [0.717, 1.165) is 29.5 Å². The first-order valence-electron chi connectivity index (χ1n) is 8.74. The molecule has 0 bridgehead atoms. The number of carboxylic acids is 1. The molecule has 0 heterocycles. The van der Waals surface area contributed by atoms with Gasteiger partial charge in [0, 0.05) is 0 Å². The molecule has 0 aliphatic heterocycles. The molecule has 27 heavy (non-hydrogen) atoms. The smallest absolute Gasteiger partial charge is 0.338 e. The SMILES string of the molecule is O=C(O)c1ccc(CCc2ccc(C(=O)OCc3ccccc3)cc2)cc1. The van der Waals surface area contributed by atoms with Crippen LogP contribution in [-0.4, -0.2) is 17.0 Å². The van der Waals surface area contributed by atoms with Gasteiger partial charge in [0.2, 0.25) is 0 Å². The molecular weight excluding hydrogens is 340 g/mol. The third-order valence-corrected chi connectivity index (χ3v) is 4.31. The molecule has 0 aromatic heterocycles. The molecule has 4 heteroatoms. The summed E-state index contributed by atoms with van der Waals surface area (Å²) < 4.78 is 5.33. The summed E-state index contributed by atoms with van der Waals surface area (Å²) in [6.45, 7) is 0.258. The van der Waals surface area contributed by atoms with Gasteiger partial charge in [-0.25, -0.2) is 9.59 Å². The number of aromatic carboxylic acids is 1. The summed E-state index contributed by atoms with van der Waals surface area (Å²) in [4.78, 5) is 23.0. The summed E-state index contributed by atoms with van der Waals surface area (Å²) in [6, 6.07) is 23.9. The molecule has 0 amide bonds. The van der Waals surface area contributed by atoms with Crippen LogP contribution in [-0.2, 0) is 24.2 Å². The van der Waals surface area contributed by atoms with Crippen molar-refractivity contribution < 1.29 is 19.4 Å². The average Bonchev–Trinajstić information content (AvgIpc) is 2.72. The van der Waals surface area contributed by atoms with Crippen molar-refractivity contribution in [1.29, 1.82) is 0 Å².